The van der Waals surface area contributed by atoms with E-state index in [0.29, 0.717) is 5.75 Å². The van der Waals surface area contributed by atoms with Crippen LogP contribution in [0.25, 0.3) is 16.9 Å². The summed E-state index contributed by atoms with van der Waals surface area (Å²) in [5, 5.41) is 4.72. The largest absolute Gasteiger partial charge is 0.457 e. The third-order valence-electron chi connectivity index (χ3n) is 5.96. The lowest BCUT2D eigenvalue weighted by atomic mass is 10.0. The van der Waals surface area contributed by atoms with Crippen LogP contribution in [-0.2, 0) is 10.0 Å². The number of sulfonamides is 1. The Hall–Kier alpha value is -4.36. The van der Waals surface area contributed by atoms with Gasteiger partial charge in [-0.1, -0.05) is 66.2 Å². The Kier molecular flexibility index (Phi) is 6.54. The molecule has 37 heavy (non-hydrogen) atoms. The van der Waals surface area contributed by atoms with Gasteiger partial charge in [0.05, 0.1) is 16.3 Å². The van der Waals surface area contributed by atoms with Crippen molar-refractivity contribution in [1.82, 2.24) is 9.78 Å². The Morgan fingerprint density at radius 1 is 0.730 bits per heavy atom. The minimum atomic E-state index is -3.81. The third kappa shape index (κ3) is 5.27. The Bertz CT molecular complexity index is 1640. The number of hydrogen-bond acceptors (Lipinski definition) is 4. The summed E-state index contributed by atoms with van der Waals surface area (Å²) >= 11 is 0. The molecule has 0 unspecified atom stereocenters. The van der Waals surface area contributed by atoms with Gasteiger partial charge in [0.2, 0.25) is 0 Å². The van der Waals surface area contributed by atoms with Gasteiger partial charge in [-0.15, -0.1) is 5.10 Å². The first-order valence-electron chi connectivity index (χ1n) is 11.9. The highest BCUT2D eigenvalue weighted by molar-refractivity contribution is 7.92. The maximum absolute atomic E-state index is 13.1. The van der Waals surface area contributed by atoms with Crippen molar-refractivity contribution in [2.45, 2.75) is 25.7 Å². The highest BCUT2D eigenvalue weighted by Crippen LogP contribution is 2.33. The van der Waals surface area contributed by atoms with Crippen molar-refractivity contribution in [2.75, 3.05) is 4.72 Å². The molecule has 186 valence electrons. The zero-order valence-corrected chi connectivity index (χ0v) is 21.7. The predicted molar refractivity (Wildman–Crippen MR) is 147 cm³/mol. The van der Waals surface area contributed by atoms with Crippen LogP contribution in [-0.4, -0.2) is 18.2 Å². The number of rotatable bonds is 7. The van der Waals surface area contributed by atoms with Gasteiger partial charge in [0.25, 0.3) is 10.0 Å². The van der Waals surface area contributed by atoms with Crippen molar-refractivity contribution < 1.29 is 13.2 Å². The van der Waals surface area contributed by atoms with Gasteiger partial charge in [-0.05, 0) is 68.3 Å². The fourth-order valence-electron chi connectivity index (χ4n) is 4.45. The second-order valence-corrected chi connectivity index (χ2v) is 10.6. The van der Waals surface area contributed by atoms with Crippen LogP contribution >= 0.6 is 0 Å². The van der Waals surface area contributed by atoms with Crippen molar-refractivity contribution in [3.05, 3.63) is 120 Å². The molecule has 0 atom stereocenters. The summed E-state index contributed by atoms with van der Waals surface area (Å²) in [5.41, 5.74) is 5.70. The normalized spacial score (nSPS) is 11.3. The molecule has 1 aromatic heterocycles. The van der Waals surface area contributed by atoms with Crippen LogP contribution in [0, 0.1) is 20.8 Å². The number of aromatic nitrogens is 2. The molecule has 1 N–H and O–H groups in total. The van der Waals surface area contributed by atoms with E-state index >= 15 is 0 Å². The molecule has 0 spiro atoms. The van der Waals surface area contributed by atoms with Gasteiger partial charge in [-0.25, -0.2) is 13.1 Å². The van der Waals surface area contributed by atoms with Crippen LogP contribution in [0.3, 0.4) is 0 Å². The van der Waals surface area contributed by atoms with Gasteiger partial charge in [-0.3, -0.25) is 4.72 Å². The SMILES string of the molecule is Cc1cc(C)c(-n2nc(NS(=O)(=O)c3ccccc3)cc2-c2cccc(Oc3ccccc3)c2)c(C)c1. The number of para-hydroxylation sites is 1. The summed E-state index contributed by atoms with van der Waals surface area (Å²) in [7, 11) is -3.81. The Morgan fingerprint density at radius 2 is 1.35 bits per heavy atom. The lowest BCUT2D eigenvalue weighted by Crippen LogP contribution is -2.13. The number of hydrogen-bond donors (Lipinski definition) is 1. The average Bonchev–Trinajstić information content (AvgIpc) is 3.27. The lowest BCUT2D eigenvalue weighted by Gasteiger charge is -2.15. The van der Waals surface area contributed by atoms with E-state index in [9.17, 15) is 8.42 Å². The van der Waals surface area contributed by atoms with Crippen molar-refractivity contribution in [2.24, 2.45) is 0 Å². The number of aryl methyl sites for hydroxylation is 3. The van der Waals surface area contributed by atoms with Crippen molar-refractivity contribution in [1.29, 1.82) is 0 Å². The van der Waals surface area contributed by atoms with E-state index in [0.717, 1.165) is 39.4 Å². The van der Waals surface area contributed by atoms with Crippen LogP contribution in [0.4, 0.5) is 5.82 Å². The quantitative estimate of drug-likeness (QED) is 0.255. The maximum atomic E-state index is 13.1. The van der Waals surface area contributed by atoms with Gasteiger partial charge in [0, 0.05) is 11.6 Å². The molecule has 5 aromatic rings. The molecule has 0 aliphatic heterocycles. The van der Waals surface area contributed by atoms with Crippen LogP contribution in [0.2, 0.25) is 0 Å². The van der Waals surface area contributed by atoms with E-state index in [-0.39, 0.29) is 10.7 Å². The maximum Gasteiger partial charge on any atom is 0.263 e. The fraction of sp³-hybridized carbons (Fsp3) is 0.100. The smallest absolute Gasteiger partial charge is 0.263 e. The van der Waals surface area contributed by atoms with Gasteiger partial charge < -0.3 is 4.74 Å². The molecule has 4 aromatic carbocycles. The Balaban J connectivity index is 1.61. The molecule has 0 bridgehead atoms. The molecule has 1 heterocycles. The van der Waals surface area contributed by atoms with Gasteiger partial charge in [-0.2, -0.15) is 0 Å². The zero-order chi connectivity index (χ0) is 26.0. The fourth-order valence-corrected chi connectivity index (χ4v) is 5.46. The highest BCUT2D eigenvalue weighted by Gasteiger charge is 2.20. The first-order valence-corrected chi connectivity index (χ1v) is 13.4. The van der Waals surface area contributed by atoms with Crippen LogP contribution in [0.15, 0.2) is 108 Å². The molecule has 0 fully saturated rings. The van der Waals surface area contributed by atoms with E-state index in [1.807, 2.05) is 68.4 Å². The Morgan fingerprint density at radius 3 is 2.03 bits per heavy atom. The van der Waals surface area contributed by atoms with E-state index in [1.54, 1.807) is 41.1 Å². The Labute approximate surface area is 217 Å². The molecule has 5 rings (SSSR count). The number of nitrogens with one attached hydrogen (secondary N) is 1. The van der Waals surface area contributed by atoms with E-state index in [1.165, 1.54) is 0 Å². The topological polar surface area (TPSA) is 73.2 Å². The zero-order valence-electron chi connectivity index (χ0n) is 20.8. The molecule has 0 aliphatic carbocycles. The third-order valence-corrected chi connectivity index (χ3v) is 7.33. The van der Waals surface area contributed by atoms with Crippen molar-refractivity contribution in [3.8, 4) is 28.4 Å². The summed E-state index contributed by atoms with van der Waals surface area (Å²) in [6.45, 7) is 6.12. The molecule has 0 amide bonds. The molecule has 0 aliphatic rings. The number of ether oxygens (including phenoxy) is 1. The molecular weight excluding hydrogens is 482 g/mol. The van der Waals surface area contributed by atoms with E-state index in [2.05, 4.69) is 23.8 Å². The van der Waals surface area contributed by atoms with Gasteiger partial charge >= 0.3 is 0 Å². The van der Waals surface area contributed by atoms with Crippen molar-refractivity contribution in [3.63, 3.8) is 0 Å². The second kappa shape index (κ2) is 9.95. The minimum Gasteiger partial charge on any atom is -0.457 e. The second-order valence-electron chi connectivity index (χ2n) is 8.94. The summed E-state index contributed by atoms with van der Waals surface area (Å²) in [6.07, 6.45) is 0. The highest BCUT2D eigenvalue weighted by atomic mass is 32.2. The van der Waals surface area contributed by atoms with E-state index < -0.39 is 10.0 Å². The standard InChI is InChI=1S/C30H27N3O3S/c1-21-17-22(2)30(23(3)18-21)33-28(20-29(31-33)32-37(34,35)27-15-8-5-9-16-27)24-11-10-14-26(19-24)36-25-12-6-4-7-13-25/h4-20H,1-3H3,(H,31,32). The number of benzene rings is 4. The first kappa shape index (κ1) is 24.3. The van der Waals surface area contributed by atoms with Crippen LogP contribution < -0.4 is 9.46 Å². The van der Waals surface area contributed by atoms with Gasteiger partial charge in [0.1, 0.15) is 11.5 Å². The molecule has 7 heteroatoms. The van der Waals surface area contributed by atoms with E-state index in [4.69, 9.17) is 9.84 Å². The predicted octanol–water partition coefficient (Wildman–Crippen LogP) is 7.06. The first-order chi connectivity index (χ1) is 17.8. The summed E-state index contributed by atoms with van der Waals surface area (Å²) in [6, 6.07) is 31.5. The molecule has 6 nitrogen and oxygen atoms in total. The van der Waals surface area contributed by atoms with Gasteiger partial charge in [0.15, 0.2) is 5.82 Å². The molecular formula is C30H27N3O3S. The average molecular weight is 510 g/mol. The van der Waals surface area contributed by atoms with Crippen molar-refractivity contribution >= 4 is 15.8 Å². The monoisotopic (exact) mass is 509 g/mol. The summed E-state index contributed by atoms with van der Waals surface area (Å²) in [5.74, 6) is 1.63. The van der Waals surface area contributed by atoms with Crippen LogP contribution in [0.5, 0.6) is 11.5 Å². The molecule has 0 radical (unpaired) electrons. The lowest BCUT2D eigenvalue weighted by molar-refractivity contribution is 0.483. The molecule has 0 saturated heterocycles. The number of nitrogens with zero attached hydrogens (tertiary/aromatic N) is 2. The number of anilines is 1. The minimum absolute atomic E-state index is 0.173. The van der Waals surface area contributed by atoms with Crippen LogP contribution in [0.1, 0.15) is 16.7 Å². The summed E-state index contributed by atoms with van der Waals surface area (Å²) < 4.78 is 36.6. The summed E-state index contributed by atoms with van der Waals surface area (Å²) in [4.78, 5) is 0.173. The molecule has 0 saturated carbocycles.